The van der Waals surface area contributed by atoms with Gasteiger partial charge in [0.1, 0.15) is 11.9 Å². The first-order valence-corrected chi connectivity index (χ1v) is 6.37. The Morgan fingerprint density at radius 3 is 2.45 bits per heavy atom. The number of carbonyl (C=O) groups excluding carboxylic acids is 1. The SMILES string of the molecule is CCC(N)=O.O=C(O)C1CN=C(Cc2ccccc2)N1. The van der Waals surface area contributed by atoms with Crippen molar-refractivity contribution in [3.8, 4) is 0 Å². The molecule has 1 amide bonds. The van der Waals surface area contributed by atoms with Crippen molar-refractivity contribution >= 4 is 17.7 Å². The maximum atomic E-state index is 10.7. The van der Waals surface area contributed by atoms with E-state index in [1.165, 1.54) is 0 Å². The van der Waals surface area contributed by atoms with Crippen LogP contribution in [0, 0.1) is 0 Å². The Hall–Kier alpha value is -2.37. The molecule has 0 radical (unpaired) electrons. The van der Waals surface area contributed by atoms with E-state index in [0.29, 0.717) is 19.4 Å². The molecule has 108 valence electrons. The number of hydrogen-bond acceptors (Lipinski definition) is 4. The summed E-state index contributed by atoms with van der Waals surface area (Å²) in [6.07, 6.45) is 1.12. The minimum Gasteiger partial charge on any atom is -0.480 e. The summed E-state index contributed by atoms with van der Waals surface area (Å²) in [5, 5.41) is 11.7. The van der Waals surface area contributed by atoms with Gasteiger partial charge in [0.25, 0.3) is 0 Å². The zero-order valence-electron chi connectivity index (χ0n) is 11.4. The number of amidine groups is 1. The molecule has 0 saturated carbocycles. The molecular weight excluding hydrogens is 258 g/mol. The van der Waals surface area contributed by atoms with Gasteiger partial charge in [-0.1, -0.05) is 37.3 Å². The number of carboxylic acids is 1. The largest absolute Gasteiger partial charge is 0.480 e. The smallest absolute Gasteiger partial charge is 0.328 e. The Morgan fingerprint density at radius 2 is 2.00 bits per heavy atom. The van der Waals surface area contributed by atoms with E-state index in [1.54, 1.807) is 6.92 Å². The van der Waals surface area contributed by atoms with Crippen LogP contribution in [-0.4, -0.2) is 35.4 Å². The number of primary amides is 1. The number of carboxylic acid groups (broad SMARTS) is 1. The van der Waals surface area contributed by atoms with Gasteiger partial charge in [0.15, 0.2) is 0 Å². The van der Waals surface area contributed by atoms with Crippen molar-refractivity contribution < 1.29 is 14.7 Å². The lowest BCUT2D eigenvalue weighted by atomic mass is 10.1. The molecule has 6 heteroatoms. The molecule has 1 atom stereocenters. The number of rotatable bonds is 4. The third-order valence-corrected chi connectivity index (χ3v) is 2.67. The van der Waals surface area contributed by atoms with E-state index in [0.717, 1.165) is 11.4 Å². The van der Waals surface area contributed by atoms with Gasteiger partial charge < -0.3 is 16.2 Å². The quantitative estimate of drug-likeness (QED) is 0.748. The van der Waals surface area contributed by atoms with Gasteiger partial charge in [0.05, 0.1) is 6.54 Å². The van der Waals surface area contributed by atoms with Gasteiger partial charge in [-0.15, -0.1) is 0 Å². The number of nitrogens with two attached hydrogens (primary N) is 1. The highest BCUT2D eigenvalue weighted by atomic mass is 16.4. The number of aliphatic imine (C=N–C) groups is 1. The van der Waals surface area contributed by atoms with Crippen molar-refractivity contribution in [1.82, 2.24) is 5.32 Å². The molecular formula is C14H19N3O3. The first kappa shape index (κ1) is 15.7. The summed E-state index contributed by atoms with van der Waals surface area (Å²) in [7, 11) is 0. The van der Waals surface area contributed by atoms with Crippen LogP contribution in [0.2, 0.25) is 0 Å². The summed E-state index contributed by atoms with van der Waals surface area (Å²) in [5.41, 5.74) is 5.79. The Kier molecular flexibility index (Phi) is 6.22. The Balaban J connectivity index is 0.000000347. The molecule has 0 aliphatic carbocycles. The van der Waals surface area contributed by atoms with E-state index >= 15 is 0 Å². The van der Waals surface area contributed by atoms with Crippen LogP contribution in [-0.2, 0) is 16.0 Å². The summed E-state index contributed by atoms with van der Waals surface area (Å²) < 4.78 is 0. The third kappa shape index (κ3) is 5.51. The maximum Gasteiger partial charge on any atom is 0.328 e. The molecule has 1 aromatic carbocycles. The summed E-state index contributed by atoms with van der Waals surface area (Å²) in [5.74, 6) is -0.333. The fourth-order valence-corrected chi connectivity index (χ4v) is 1.53. The van der Waals surface area contributed by atoms with Crippen LogP contribution in [0.3, 0.4) is 0 Å². The van der Waals surface area contributed by atoms with Crippen LogP contribution in [0.15, 0.2) is 35.3 Å². The van der Waals surface area contributed by atoms with Crippen molar-refractivity contribution in [2.75, 3.05) is 6.54 Å². The minimum absolute atomic E-state index is 0.245. The van der Waals surface area contributed by atoms with Crippen LogP contribution in [0.5, 0.6) is 0 Å². The Bertz CT molecular complexity index is 486. The normalized spacial score (nSPS) is 16.4. The van der Waals surface area contributed by atoms with E-state index in [2.05, 4.69) is 16.0 Å². The summed E-state index contributed by atoms with van der Waals surface area (Å²) >= 11 is 0. The van der Waals surface area contributed by atoms with Crippen molar-refractivity contribution in [2.45, 2.75) is 25.8 Å². The van der Waals surface area contributed by atoms with Crippen LogP contribution < -0.4 is 11.1 Å². The van der Waals surface area contributed by atoms with Crippen LogP contribution >= 0.6 is 0 Å². The third-order valence-electron chi connectivity index (χ3n) is 2.67. The predicted molar refractivity (Wildman–Crippen MR) is 76.5 cm³/mol. The molecule has 6 nitrogen and oxygen atoms in total. The fourth-order valence-electron chi connectivity index (χ4n) is 1.53. The van der Waals surface area contributed by atoms with Crippen molar-refractivity contribution in [1.29, 1.82) is 0 Å². The molecule has 1 aromatic rings. The van der Waals surface area contributed by atoms with Crippen molar-refractivity contribution in [3.63, 3.8) is 0 Å². The van der Waals surface area contributed by atoms with E-state index in [9.17, 15) is 9.59 Å². The molecule has 4 N–H and O–H groups in total. The Labute approximate surface area is 117 Å². The summed E-state index contributed by atoms with van der Waals surface area (Å²) in [6.45, 7) is 2.06. The number of nitrogens with zero attached hydrogens (tertiary/aromatic N) is 1. The van der Waals surface area contributed by atoms with E-state index in [-0.39, 0.29) is 5.91 Å². The highest BCUT2D eigenvalue weighted by Crippen LogP contribution is 2.04. The standard InChI is InChI=1S/C11H12N2O2.C3H7NO/c14-11(15)9-7-12-10(13-9)6-8-4-2-1-3-5-8;1-2-3(4)5/h1-5,9H,6-7H2,(H,12,13)(H,14,15);2H2,1H3,(H2,4,5). The molecule has 0 saturated heterocycles. The van der Waals surface area contributed by atoms with Crippen LogP contribution in [0.1, 0.15) is 18.9 Å². The number of hydrogen-bond donors (Lipinski definition) is 3. The monoisotopic (exact) mass is 277 g/mol. The zero-order valence-corrected chi connectivity index (χ0v) is 11.4. The lowest BCUT2D eigenvalue weighted by molar-refractivity contribution is -0.138. The van der Waals surface area contributed by atoms with Crippen molar-refractivity contribution in [2.24, 2.45) is 10.7 Å². The van der Waals surface area contributed by atoms with Gasteiger partial charge >= 0.3 is 5.97 Å². The minimum atomic E-state index is -0.846. The highest BCUT2D eigenvalue weighted by molar-refractivity contribution is 5.91. The second-order valence-electron chi connectivity index (χ2n) is 4.30. The number of aliphatic carboxylic acids is 1. The second kappa shape index (κ2) is 7.93. The molecule has 1 heterocycles. The van der Waals surface area contributed by atoms with E-state index < -0.39 is 12.0 Å². The van der Waals surface area contributed by atoms with E-state index in [1.807, 2.05) is 30.3 Å². The highest BCUT2D eigenvalue weighted by Gasteiger charge is 2.23. The second-order valence-corrected chi connectivity index (χ2v) is 4.30. The van der Waals surface area contributed by atoms with Gasteiger partial charge in [-0.3, -0.25) is 9.79 Å². The lowest BCUT2D eigenvalue weighted by Crippen LogP contribution is -2.37. The van der Waals surface area contributed by atoms with Gasteiger partial charge in [-0.25, -0.2) is 4.79 Å². The number of nitrogens with one attached hydrogen (secondary N) is 1. The van der Waals surface area contributed by atoms with Gasteiger partial charge in [0, 0.05) is 12.8 Å². The van der Waals surface area contributed by atoms with Crippen LogP contribution in [0.4, 0.5) is 0 Å². The van der Waals surface area contributed by atoms with E-state index in [4.69, 9.17) is 5.11 Å². The number of carbonyl (C=O) groups is 2. The predicted octanol–water partition coefficient (Wildman–Crippen LogP) is 0.566. The topological polar surface area (TPSA) is 105 Å². The average Bonchev–Trinajstić information content (AvgIpc) is 2.89. The molecule has 1 unspecified atom stereocenters. The fraction of sp³-hybridized carbons (Fsp3) is 0.357. The zero-order chi connectivity index (χ0) is 15.0. The first-order chi connectivity index (χ1) is 9.52. The van der Waals surface area contributed by atoms with Gasteiger partial charge in [0.2, 0.25) is 5.91 Å². The lowest BCUT2D eigenvalue weighted by Gasteiger charge is -2.06. The summed E-state index contributed by atoms with van der Waals surface area (Å²) in [4.78, 5) is 24.4. The van der Waals surface area contributed by atoms with Crippen molar-refractivity contribution in [3.05, 3.63) is 35.9 Å². The van der Waals surface area contributed by atoms with Crippen LogP contribution in [0.25, 0.3) is 0 Å². The molecule has 2 rings (SSSR count). The van der Waals surface area contributed by atoms with Gasteiger partial charge in [-0.05, 0) is 5.56 Å². The molecule has 20 heavy (non-hydrogen) atoms. The molecule has 1 aliphatic rings. The molecule has 0 spiro atoms. The average molecular weight is 277 g/mol. The Morgan fingerprint density at radius 1 is 1.40 bits per heavy atom. The summed E-state index contributed by atoms with van der Waals surface area (Å²) in [6, 6.07) is 9.31. The number of benzene rings is 1. The molecule has 1 aliphatic heterocycles. The van der Waals surface area contributed by atoms with Gasteiger partial charge in [-0.2, -0.15) is 0 Å². The molecule has 0 aromatic heterocycles. The molecule has 0 bridgehead atoms. The maximum absolute atomic E-state index is 10.7. The molecule has 0 fully saturated rings. The number of amides is 1. The first-order valence-electron chi connectivity index (χ1n) is 6.37.